The minimum absolute atomic E-state index is 0.0920. The van der Waals surface area contributed by atoms with Crippen LogP contribution in [0.15, 0.2) is 46.5 Å². The average Bonchev–Trinajstić information content (AvgIpc) is 2.74. The minimum Gasteiger partial charge on any atom is -0.493 e. The Labute approximate surface area is 202 Å². The van der Waals surface area contributed by atoms with Crippen molar-refractivity contribution in [2.24, 2.45) is 11.8 Å². The molecule has 34 heavy (non-hydrogen) atoms. The number of hydrogen-bond acceptors (Lipinski definition) is 7. The fourth-order valence-electron chi connectivity index (χ4n) is 3.98. The van der Waals surface area contributed by atoms with Crippen molar-refractivity contribution < 1.29 is 38.8 Å². The molecule has 8 nitrogen and oxygen atoms in total. The molecular weight excluding hydrogens is 440 g/mol. The Morgan fingerprint density at radius 3 is 2.24 bits per heavy atom. The number of esters is 1. The molecule has 0 fully saturated rings. The van der Waals surface area contributed by atoms with Crippen LogP contribution in [0.1, 0.15) is 60.3 Å². The zero-order valence-electron chi connectivity index (χ0n) is 21.2. The van der Waals surface area contributed by atoms with E-state index in [-0.39, 0.29) is 28.8 Å². The maximum Gasteiger partial charge on any atom is 0.331 e. The molecule has 0 bridgehead atoms. The number of allylic oxidation sites excluding steroid dienone is 4. The van der Waals surface area contributed by atoms with Gasteiger partial charge < -0.3 is 24.4 Å². The Hall–Kier alpha value is -2.87. The summed E-state index contributed by atoms with van der Waals surface area (Å²) < 4.78 is 16.2. The molecule has 0 amide bonds. The predicted molar refractivity (Wildman–Crippen MR) is 128 cm³/mol. The van der Waals surface area contributed by atoms with Gasteiger partial charge in [-0.1, -0.05) is 30.2 Å². The van der Waals surface area contributed by atoms with Crippen LogP contribution in [0.4, 0.5) is 0 Å². The number of carbonyl (C=O) groups is 3. The van der Waals surface area contributed by atoms with E-state index in [2.05, 4.69) is 0 Å². The van der Waals surface area contributed by atoms with E-state index < -0.39 is 30.1 Å². The van der Waals surface area contributed by atoms with E-state index in [0.717, 1.165) is 24.0 Å². The summed E-state index contributed by atoms with van der Waals surface area (Å²) in [6, 6.07) is 0. The molecule has 190 valence electrons. The second kappa shape index (κ2) is 13.7. The third-order valence-corrected chi connectivity index (χ3v) is 5.95. The van der Waals surface area contributed by atoms with Crippen molar-refractivity contribution in [3.63, 3.8) is 0 Å². The molecule has 0 unspecified atom stereocenters. The van der Waals surface area contributed by atoms with Crippen LogP contribution in [0.25, 0.3) is 0 Å². The fraction of sp³-hybridized carbons (Fsp3) is 0.577. The predicted octanol–water partition coefficient (Wildman–Crippen LogP) is 4.10. The summed E-state index contributed by atoms with van der Waals surface area (Å²) in [7, 11) is 2.82. The van der Waals surface area contributed by atoms with Gasteiger partial charge in [-0.15, -0.1) is 0 Å². The monoisotopic (exact) mass is 478 g/mol. The SMILES string of the molecule is COC1=C(OC)[C@H](OC(C)=O)[C@H](C/C=C(\C)CC/C=C(\C)C[C@H](O)/C=C(\C)C(=O)O)[C@@H](C)C1=O. The highest BCUT2D eigenvalue weighted by Gasteiger charge is 2.44. The summed E-state index contributed by atoms with van der Waals surface area (Å²) in [6.07, 6.45) is 6.30. The summed E-state index contributed by atoms with van der Waals surface area (Å²) >= 11 is 0. The van der Waals surface area contributed by atoms with Crippen LogP contribution in [-0.4, -0.2) is 54.4 Å². The van der Waals surface area contributed by atoms with E-state index in [9.17, 15) is 19.5 Å². The standard InChI is InChI=1S/C26H38O8/c1-15(9-8-10-16(2)13-20(28)14-17(3)26(30)31)11-12-21-18(4)22(29)24(32-6)25(33-7)23(21)34-19(5)27/h10-11,14,18,20-21,23,28H,8-9,12-13H2,1-7H3,(H,30,31)/b15-11+,16-10+,17-14+/t18-,20+,21-,23-/m1/s1. The molecule has 0 saturated carbocycles. The van der Waals surface area contributed by atoms with Crippen molar-refractivity contribution >= 4 is 17.7 Å². The minimum atomic E-state index is -1.04. The topological polar surface area (TPSA) is 119 Å². The number of Topliss-reactive ketones (excluding diaryl/α,β-unsaturated/α-hetero) is 1. The number of ether oxygens (including phenoxy) is 3. The summed E-state index contributed by atoms with van der Waals surface area (Å²) in [4.78, 5) is 35.3. The number of hydrogen-bond donors (Lipinski definition) is 2. The van der Waals surface area contributed by atoms with Crippen LogP contribution < -0.4 is 0 Å². The third-order valence-electron chi connectivity index (χ3n) is 5.95. The van der Waals surface area contributed by atoms with Crippen molar-refractivity contribution in [3.05, 3.63) is 46.5 Å². The molecule has 0 aromatic carbocycles. The summed E-state index contributed by atoms with van der Waals surface area (Å²) in [5.41, 5.74) is 2.21. The van der Waals surface area contributed by atoms with Gasteiger partial charge in [-0.25, -0.2) is 4.79 Å². The number of carbonyl (C=O) groups excluding carboxylic acids is 2. The van der Waals surface area contributed by atoms with Gasteiger partial charge in [0, 0.05) is 24.3 Å². The first-order chi connectivity index (χ1) is 15.9. The summed E-state index contributed by atoms with van der Waals surface area (Å²) in [6.45, 7) is 8.48. The average molecular weight is 479 g/mol. The Morgan fingerprint density at radius 2 is 1.71 bits per heavy atom. The smallest absolute Gasteiger partial charge is 0.331 e. The molecule has 8 heteroatoms. The van der Waals surface area contributed by atoms with Crippen molar-refractivity contribution in [3.8, 4) is 0 Å². The van der Waals surface area contributed by atoms with Gasteiger partial charge in [0.05, 0.1) is 20.3 Å². The van der Waals surface area contributed by atoms with Gasteiger partial charge in [-0.05, 0) is 52.5 Å². The second-order valence-corrected chi connectivity index (χ2v) is 8.75. The van der Waals surface area contributed by atoms with E-state index in [1.165, 1.54) is 34.1 Å². The number of aliphatic hydroxyl groups is 1. The lowest BCUT2D eigenvalue weighted by Gasteiger charge is -2.35. The molecule has 1 aliphatic carbocycles. The van der Waals surface area contributed by atoms with Gasteiger partial charge in [-0.2, -0.15) is 0 Å². The van der Waals surface area contributed by atoms with Crippen molar-refractivity contribution in [2.45, 2.75) is 72.5 Å². The molecular formula is C26H38O8. The molecule has 4 atom stereocenters. The van der Waals surface area contributed by atoms with Gasteiger partial charge in [-0.3, -0.25) is 9.59 Å². The molecule has 0 aromatic rings. The van der Waals surface area contributed by atoms with Gasteiger partial charge >= 0.3 is 11.9 Å². The first-order valence-electron chi connectivity index (χ1n) is 11.4. The summed E-state index contributed by atoms with van der Waals surface area (Å²) in [5, 5.41) is 18.9. The molecule has 2 N–H and O–H groups in total. The molecule has 0 heterocycles. The van der Waals surface area contributed by atoms with E-state index in [4.69, 9.17) is 19.3 Å². The Balaban J connectivity index is 2.84. The highest BCUT2D eigenvalue weighted by atomic mass is 16.6. The van der Waals surface area contributed by atoms with E-state index in [1.807, 2.05) is 26.0 Å². The first-order valence-corrected chi connectivity index (χ1v) is 11.4. The molecule has 0 saturated heterocycles. The largest absolute Gasteiger partial charge is 0.493 e. The molecule has 0 aliphatic heterocycles. The number of carboxylic acids is 1. The van der Waals surface area contributed by atoms with Crippen LogP contribution in [0.3, 0.4) is 0 Å². The van der Waals surface area contributed by atoms with Gasteiger partial charge in [0.1, 0.15) is 0 Å². The molecule has 0 radical (unpaired) electrons. The highest BCUT2D eigenvalue weighted by molar-refractivity contribution is 5.97. The van der Waals surface area contributed by atoms with E-state index in [0.29, 0.717) is 12.8 Å². The number of methoxy groups -OCH3 is 2. The van der Waals surface area contributed by atoms with Gasteiger partial charge in [0.25, 0.3) is 0 Å². The highest BCUT2D eigenvalue weighted by Crippen LogP contribution is 2.37. The number of ketones is 1. The summed E-state index contributed by atoms with van der Waals surface area (Å²) in [5.74, 6) is -2.04. The van der Waals surface area contributed by atoms with Crippen LogP contribution in [0.2, 0.25) is 0 Å². The van der Waals surface area contributed by atoms with Gasteiger partial charge in [0.15, 0.2) is 11.9 Å². The molecule has 0 spiro atoms. The Morgan fingerprint density at radius 1 is 1.06 bits per heavy atom. The zero-order valence-corrected chi connectivity index (χ0v) is 21.2. The Kier molecular flexibility index (Phi) is 11.8. The molecule has 0 aromatic heterocycles. The lowest BCUT2D eigenvalue weighted by Crippen LogP contribution is -2.42. The molecule has 1 aliphatic rings. The van der Waals surface area contributed by atoms with E-state index >= 15 is 0 Å². The van der Waals surface area contributed by atoms with Crippen LogP contribution in [0.5, 0.6) is 0 Å². The lowest BCUT2D eigenvalue weighted by atomic mass is 9.77. The maximum atomic E-state index is 12.8. The number of aliphatic carboxylic acids is 1. The maximum absolute atomic E-state index is 12.8. The lowest BCUT2D eigenvalue weighted by molar-refractivity contribution is -0.153. The van der Waals surface area contributed by atoms with Crippen molar-refractivity contribution in [1.82, 2.24) is 0 Å². The van der Waals surface area contributed by atoms with Crippen LogP contribution >= 0.6 is 0 Å². The quantitative estimate of drug-likeness (QED) is 0.244. The van der Waals surface area contributed by atoms with Crippen LogP contribution in [-0.2, 0) is 28.6 Å². The van der Waals surface area contributed by atoms with Crippen molar-refractivity contribution in [1.29, 1.82) is 0 Å². The normalized spacial score (nSPS) is 23.0. The zero-order chi connectivity index (χ0) is 26.0. The van der Waals surface area contributed by atoms with Gasteiger partial charge in [0.2, 0.25) is 11.5 Å². The number of rotatable bonds is 12. The Bertz CT molecular complexity index is 877. The number of aliphatic hydroxyl groups excluding tert-OH is 1. The van der Waals surface area contributed by atoms with E-state index in [1.54, 1.807) is 6.92 Å². The van der Waals surface area contributed by atoms with Crippen molar-refractivity contribution in [2.75, 3.05) is 14.2 Å². The number of carboxylic acid groups (broad SMARTS) is 1. The van der Waals surface area contributed by atoms with Crippen LogP contribution in [0, 0.1) is 11.8 Å². The first kappa shape index (κ1) is 29.2. The fourth-order valence-corrected chi connectivity index (χ4v) is 3.98. The molecule has 1 rings (SSSR count). The second-order valence-electron chi connectivity index (χ2n) is 8.75. The third kappa shape index (κ3) is 8.48.